The Kier molecular flexibility index (Phi) is 4.13. The van der Waals surface area contributed by atoms with Crippen LogP contribution in [0.5, 0.6) is 0 Å². The second-order valence-electron chi connectivity index (χ2n) is 4.04. The monoisotopic (exact) mass is 215 g/mol. The van der Waals surface area contributed by atoms with Gasteiger partial charge < -0.3 is 5.32 Å². The third kappa shape index (κ3) is 3.43. The van der Waals surface area contributed by atoms with E-state index in [1.807, 2.05) is 44.2 Å². The third-order valence-electron chi connectivity index (χ3n) is 2.65. The molecule has 1 N–H and O–H groups in total. The van der Waals surface area contributed by atoms with Gasteiger partial charge in [-0.1, -0.05) is 43.2 Å². The van der Waals surface area contributed by atoms with Gasteiger partial charge in [-0.25, -0.2) is 0 Å². The summed E-state index contributed by atoms with van der Waals surface area (Å²) in [6, 6.07) is 9.63. The van der Waals surface area contributed by atoms with Crippen LogP contribution in [0.25, 0.3) is 0 Å². The zero-order valence-corrected chi connectivity index (χ0v) is 9.79. The molecule has 1 aromatic carbocycles. The Balaban J connectivity index is 2.59. The van der Waals surface area contributed by atoms with E-state index in [1.165, 1.54) is 0 Å². The maximum atomic E-state index is 11.7. The van der Waals surface area contributed by atoms with Crippen molar-refractivity contribution in [3.05, 3.63) is 35.9 Å². The number of hydrogen-bond donors (Lipinski definition) is 1. The highest BCUT2D eigenvalue weighted by atomic mass is 16.1. The summed E-state index contributed by atoms with van der Waals surface area (Å²) in [7, 11) is 0. The Morgan fingerprint density at radius 3 is 2.56 bits per heavy atom. The summed E-state index contributed by atoms with van der Waals surface area (Å²) >= 11 is 0. The SMILES string of the molecule is C#C[C@](C)(CC)NC(=O)Cc1ccccc1. The molecule has 1 rings (SSSR count). The van der Waals surface area contributed by atoms with Crippen LogP contribution in [0, 0.1) is 12.3 Å². The lowest BCUT2D eigenvalue weighted by Crippen LogP contribution is -2.44. The number of benzene rings is 1. The van der Waals surface area contributed by atoms with Crippen molar-refractivity contribution in [2.24, 2.45) is 0 Å². The van der Waals surface area contributed by atoms with Crippen molar-refractivity contribution in [1.29, 1.82) is 0 Å². The highest BCUT2D eigenvalue weighted by Gasteiger charge is 2.20. The van der Waals surface area contributed by atoms with Gasteiger partial charge in [-0.3, -0.25) is 4.79 Å². The molecular weight excluding hydrogens is 198 g/mol. The van der Waals surface area contributed by atoms with Crippen molar-refractivity contribution in [2.75, 3.05) is 0 Å². The van der Waals surface area contributed by atoms with E-state index in [1.54, 1.807) is 0 Å². The zero-order valence-electron chi connectivity index (χ0n) is 9.79. The molecule has 84 valence electrons. The first-order valence-electron chi connectivity index (χ1n) is 5.42. The van der Waals surface area contributed by atoms with Crippen molar-refractivity contribution < 1.29 is 4.79 Å². The average Bonchev–Trinajstić information content (AvgIpc) is 2.30. The van der Waals surface area contributed by atoms with E-state index in [9.17, 15) is 4.79 Å². The summed E-state index contributed by atoms with van der Waals surface area (Å²) in [6.45, 7) is 3.82. The minimum Gasteiger partial charge on any atom is -0.340 e. The lowest BCUT2D eigenvalue weighted by Gasteiger charge is -2.23. The Morgan fingerprint density at radius 1 is 1.44 bits per heavy atom. The van der Waals surface area contributed by atoms with Crippen molar-refractivity contribution in [3.8, 4) is 12.3 Å². The summed E-state index contributed by atoms with van der Waals surface area (Å²) in [4.78, 5) is 11.7. The summed E-state index contributed by atoms with van der Waals surface area (Å²) in [5.41, 5.74) is 0.460. The number of rotatable bonds is 4. The van der Waals surface area contributed by atoms with E-state index >= 15 is 0 Å². The van der Waals surface area contributed by atoms with Gasteiger partial charge in [0.1, 0.15) is 0 Å². The van der Waals surface area contributed by atoms with Crippen LogP contribution in [0.2, 0.25) is 0 Å². The van der Waals surface area contributed by atoms with E-state index in [0.717, 1.165) is 12.0 Å². The maximum absolute atomic E-state index is 11.7. The topological polar surface area (TPSA) is 29.1 Å². The van der Waals surface area contributed by atoms with E-state index in [2.05, 4.69) is 11.2 Å². The van der Waals surface area contributed by atoms with Crippen molar-refractivity contribution in [2.45, 2.75) is 32.2 Å². The molecule has 1 aromatic rings. The second-order valence-corrected chi connectivity index (χ2v) is 4.04. The van der Waals surface area contributed by atoms with E-state index < -0.39 is 5.54 Å². The summed E-state index contributed by atoms with van der Waals surface area (Å²) in [6.07, 6.45) is 6.49. The van der Waals surface area contributed by atoms with Gasteiger partial charge in [0.15, 0.2) is 0 Å². The van der Waals surface area contributed by atoms with Crippen molar-refractivity contribution >= 4 is 5.91 Å². The molecular formula is C14H17NO. The van der Waals surface area contributed by atoms with Crippen LogP contribution in [-0.4, -0.2) is 11.4 Å². The van der Waals surface area contributed by atoms with Crippen LogP contribution in [-0.2, 0) is 11.2 Å². The van der Waals surface area contributed by atoms with Gasteiger partial charge in [0.05, 0.1) is 12.0 Å². The molecule has 0 aliphatic heterocycles. The fourth-order valence-electron chi connectivity index (χ4n) is 1.36. The van der Waals surface area contributed by atoms with E-state index in [4.69, 9.17) is 6.42 Å². The molecule has 0 aromatic heterocycles. The molecule has 0 aliphatic carbocycles. The van der Waals surface area contributed by atoms with Crippen molar-refractivity contribution in [3.63, 3.8) is 0 Å². The van der Waals surface area contributed by atoms with Gasteiger partial charge in [-0.15, -0.1) is 6.42 Å². The standard InChI is InChI=1S/C14H17NO/c1-4-14(3,5-2)15-13(16)11-12-9-7-6-8-10-12/h1,6-10H,5,11H2,2-3H3,(H,15,16)/t14-/m1/s1. The number of amides is 1. The molecule has 2 heteroatoms. The van der Waals surface area contributed by atoms with Gasteiger partial charge in [-0.05, 0) is 18.9 Å². The minimum atomic E-state index is -0.536. The molecule has 0 heterocycles. The van der Waals surface area contributed by atoms with Gasteiger partial charge >= 0.3 is 0 Å². The van der Waals surface area contributed by atoms with E-state index in [-0.39, 0.29) is 5.91 Å². The first kappa shape index (κ1) is 12.3. The molecule has 2 nitrogen and oxygen atoms in total. The van der Waals surface area contributed by atoms with Crippen molar-refractivity contribution in [1.82, 2.24) is 5.32 Å². The molecule has 1 amide bonds. The highest BCUT2D eigenvalue weighted by molar-refractivity contribution is 5.79. The first-order chi connectivity index (χ1) is 7.59. The molecule has 0 spiro atoms. The molecule has 0 fully saturated rings. The second kappa shape index (κ2) is 5.37. The molecule has 0 unspecified atom stereocenters. The number of carbonyl (C=O) groups is 1. The molecule has 16 heavy (non-hydrogen) atoms. The predicted molar refractivity (Wildman–Crippen MR) is 65.8 cm³/mol. The van der Waals surface area contributed by atoms with Crippen LogP contribution >= 0.6 is 0 Å². The Labute approximate surface area is 97.1 Å². The fourth-order valence-corrected chi connectivity index (χ4v) is 1.36. The molecule has 1 atom stereocenters. The third-order valence-corrected chi connectivity index (χ3v) is 2.65. The first-order valence-corrected chi connectivity index (χ1v) is 5.42. The Bertz CT molecular complexity index is 391. The maximum Gasteiger partial charge on any atom is 0.225 e. The lowest BCUT2D eigenvalue weighted by molar-refractivity contribution is -0.121. The lowest BCUT2D eigenvalue weighted by atomic mass is 9.99. The normalized spacial score (nSPS) is 13.6. The van der Waals surface area contributed by atoms with Crippen LogP contribution in [0.1, 0.15) is 25.8 Å². The predicted octanol–water partition coefficient (Wildman–Crippen LogP) is 2.15. The Hall–Kier alpha value is -1.75. The molecule has 0 saturated carbocycles. The number of carbonyl (C=O) groups excluding carboxylic acids is 1. The van der Waals surface area contributed by atoms with Gasteiger partial charge in [0.25, 0.3) is 0 Å². The van der Waals surface area contributed by atoms with Crippen LogP contribution < -0.4 is 5.32 Å². The quantitative estimate of drug-likeness (QED) is 0.766. The summed E-state index contributed by atoms with van der Waals surface area (Å²) < 4.78 is 0. The van der Waals surface area contributed by atoms with Gasteiger partial charge in [-0.2, -0.15) is 0 Å². The smallest absolute Gasteiger partial charge is 0.225 e. The minimum absolute atomic E-state index is 0.0338. The molecule has 0 radical (unpaired) electrons. The zero-order chi connectivity index (χ0) is 12.0. The van der Waals surface area contributed by atoms with E-state index in [0.29, 0.717) is 6.42 Å². The number of hydrogen-bond acceptors (Lipinski definition) is 1. The Morgan fingerprint density at radius 2 is 2.06 bits per heavy atom. The van der Waals surface area contributed by atoms with Gasteiger partial charge in [0.2, 0.25) is 5.91 Å². The number of terminal acetylenes is 1. The molecule has 0 aliphatic rings. The summed E-state index contributed by atoms with van der Waals surface area (Å²) in [5, 5.41) is 2.87. The average molecular weight is 215 g/mol. The van der Waals surface area contributed by atoms with Crippen LogP contribution in [0.4, 0.5) is 0 Å². The molecule has 0 bridgehead atoms. The largest absolute Gasteiger partial charge is 0.340 e. The van der Waals surface area contributed by atoms with Crippen LogP contribution in [0.15, 0.2) is 30.3 Å². The summed E-state index contributed by atoms with van der Waals surface area (Å²) in [5.74, 6) is 2.58. The fraction of sp³-hybridized carbons (Fsp3) is 0.357. The molecule has 0 saturated heterocycles. The van der Waals surface area contributed by atoms with Crippen LogP contribution in [0.3, 0.4) is 0 Å². The number of nitrogens with one attached hydrogen (secondary N) is 1. The van der Waals surface area contributed by atoms with Gasteiger partial charge in [0, 0.05) is 0 Å². The highest BCUT2D eigenvalue weighted by Crippen LogP contribution is 2.08.